The first-order chi connectivity index (χ1) is 8.79. The molecule has 19 heavy (non-hydrogen) atoms. The lowest BCUT2D eigenvalue weighted by molar-refractivity contribution is -0.191. The van der Waals surface area contributed by atoms with Crippen molar-refractivity contribution in [1.29, 1.82) is 0 Å². The van der Waals surface area contributed by atoms with Crippen LogP contribution in [0.3, 0.4) is 0 Å². The van der Waals surface area contributed by atoms with Gasteiger partial charge >= 0.3 is 6.18 Å². The van der Waals surface area contributed by atoms with E-state index >= 15 is 0 Å². The topological polar surface area (TPSA) is 58.6 Å². The quantitative estimate of drug-likeness (QED) is 0.836. The van der Waals surface area contributed by atoms with Crippen LogP contribution < -0.4 is 5.48 Å². The number of nitrogens with zero attached hydrogens (tertiary/aromatic N) is 1. The van der Waals surface area contributed by atoms with Crippen LogP contribution in [-0.2, 0) is 9.63 Å². The lowest BCUT2D eigenvalue weighted by Gasteiger charge is -2.16. The number of carbonyl (C=O) groups excluding carboxylic acids is 2. The van der Waals surface area contributed by atoms with Crippen molar-refractivity contribution in [3.8, 4) is 0 Å². The molecule has 0 saturated heterocycles. The van der Waals surface area contributed by atoms with Gasteiger partial charge in [-0.15, -0.1) is 11.3 Å². The Morgan fingerprint density at radius 3 is 2.68 bits per heavy atom. The molecule has 2 amide bonds. The van der Waals surface area contributed by atoms with Gasteiger partial charge in [-0.2, -0.15) is 13.2 Å². The molecular weight excluding hydrogens is 285 g/mol. The van der Waals surface area contributed by atoms with Gasteiger partial charge in [0.15, 0.2) is 6.61 Å². The van der Waals surface area contributed by atoms with Gasteiger partial charge in [-0.3, -0.25) is 14.4 Å². The van der Waals surface area contributed by atoms with Crippen LogP contribution in [0.2, 0.25) is 0 Å². The molecule has 106 valence electrons. The highest BCUT2D eigenvalue weighted by molar-refractivity contribution is 7.12. The van der Waals surface area contributed by atoms with Crippen LogP contribution in [0.25, 0.3) is 0 Å². The minimum atomic E-state index is -4.52. The summed E-state index contributed by atoms with van der Waals surface area (Å²) in [5, 5.41) is 1.70. The molecule has 0 spiro atoms. The first-order valence-corrected chi connectivity index (χ1v) is 5.94. The zero-order chi connectivity index (χ0) is 14.5. The number of nitrogens with one attached hydrogen (secondary N) is 1. The van der Waals surface area contributed by atoms with E-state index in [0.717, 1.165) is 4.90 Å². The maximum absolute atomic E-state index is 11.7. The Bertz CT molecular complexity index is 434. The fraction of sp³-hybridized carbons (Fsp3) is 0.400. The summed E-state index contributed by atoms with van der Waals surface area (Å²) in [4.78, 5) is 28.4. The van der Waals surface area contributed by atoms with Crippen LogP contribution >= 0.6 is 11.3 Å². The van der Waals surface area contributed by atoms with Gasteiger partial charge in [0, 0.05) is 7.05 Å². The van der Waals surface area contributed by atoms with Crippen molar-refractivity contribution < 1.29 is 27.6 Å². The molecule has 1 aromatic rings. The van der Waals surface area contributed by atoms with Gasteiger partial charge in [-0.25, -0.2) is 5.48 Å². The molecule has 0 aliphatic carbocycles. The van der Waals surface area contributed by atoms with E-state index in [1.807, 2.05) is 0 Å². The van der Waals surface area contributed by atoms with Gasteiger partial charge in [0.2, 0.25) is 0 Å². The average molecular weight is 296 g/mol. The third-order valence-electron chi connectivity index (χ3n) is 1.88. The second-order valence-electron chi connectivity index (χ2n) is 3.57. The van der Waals surface area contributed by atoms with Gasteiger partial charge in [0.1, 0.15) is 6.54 Å². The number of amides is 2. The van der Waals surface area contributed by atoms with Gasteiger partial charge < -0.3 is 4.90 Å². The Labute approximate surface area is 110 Å². The molecule has 5 nitrogen and oxygen atoms in total. The van der Waals surface area contributed by atoms with E-state index in [1.165, 1.54) is 18.4 Å². The second kappa shape index (κ2) is 6.53. The van der Waals surface area contributed by atoms with E-state index in [4.69, 9.17) is 0 Å². The van der Waals surface area contributed by atoms with Gasteiger partial charge in [0.25, 0.3) is 11.8 Å². The number of alkyl halides is 3. The van der Waals surface area contributed by atoms with Gasteiger partial charge in [0.05, 0.1) is 4.88 Å². The number of thiophene rings is 1. The molecule has 1 N–H and O–H groups in total. The zero-order valence-corrected chi connectivity index (χ0v) is 10.7. The van der Waals surface area contributed by atoms with Crippen molar-refractivity contribution in [2.24, 2.45) is 0 Å². The SMILES string of the molecule is CN(CC(=O)NOCC(F)(F)F)C(=O)c1cccs1. The highest BCUT2D eigenvalue weighted by Gasteiger charge is 2.28. The molecule has 0 atom stereocenters. The highest BCUT2D eigenvalue weighted by atomic mass is 32.1. The molecule has 0 radical (unpaired) electrons. The van der Waals surface area contributed by atoms with Crippen molar-refractivity contribution >= 4 is 23.2 Å². The van der Waals surface area contributed by atoms with E-state index < -0.39 is 25.2 Å². The van der Waals surface area contributed by atoms with Crippen LogP contribution in [0.4, 0.5) is 13.2 Å². The van der Waals surface area contributed by atoms with Crippen molar-refractivity contribution in [2.45, 2.75) is 6.18 Å². The first kappa shape index (κ1) is 15.4. The summed E-state index contributed by atoms with van der Waals surface area (Å²) in [6.07, 6.45) is -4.52. The molecule has 1 heterocycles. The Balaban J connectivity index is 2.34. The Hall–Kier alpha value is -1.61. The van der Waals surface area contributed by atoms with Gasteiger partial charge in [-0.1, -0.05) is 6.07 Å². The first-order valence-electron chi connectivity index (χ1n) is 5.06. The summed E-state index contributed by atoms with van der Waals surface area (Å²) in [6.45, 7) is -1.98. The van der Waals surface area contributed by atoms with Crippen LogP contribution in [0.1, 0.15) is 9.67 Å². The van der Waals surface area contributed by atoms with Crippen LogP contribution in [-0.4, -0.2) is 43.1 Å². The minimum absolute atomic E-state index is 0.388. The fourth-order valence-electron chi connectivity index (χ4n) is 1.11. The Morgan fingerprint density at radius 1 is 1.47 bits per heavy atom. The van der Waals surface area contributed by atoms with Crippen molar-refractivity contribution in [3.63, 3.8) is 0 Å². The average Bonchev–Trinajstić information content (AvgIpc) is 2.79. The maximum atomic E-state index is 11.7. The summed E-state index contributed by atoms with van der Waals surface area (Å²) in [6, 6.07) is 3.26. The number of hydrogen-bond acceptors (Lipinski definition) is 4. The van der Waals surface area contributed by atoms with Crippen LogP contribution in [0.5, 0.6) is 0 Å². The van der Waals surface area contributed by atoms with Crippen LogP contribution in [0, 0.1) is 0 Å². The van der Waals surface area contributed by atoms with Gasteiger partial charge in [-0.05, 0) is 11.4 Å². The molecule has 0 saturated carbocycles. The number of hydrogen-bond donors (Lipinski definition) is 1. The van der Waals surface area contributed by atoms with Crippen molar-refractivity contribution in [1.82, 2.24) is 10.4 Å². The predicted octanol–water partition coefficient (Wildman–Crippen LogP) is 1.43. The molecule has 0 unspecified atom stereocenters. The summed E-state index contributed by atoms with van der Waals surface area (Å²) in [7, 11) is 1.37. The van der Waals surface area contributed by atoms with E-state index in [0.29, 0.717) is 4.88 Å². The predicted molar refractivity (Wildman–Crippen MR) is 61.4 cm³/mol. The summed E-state index contributed by atoms with van der Waals surface area (Å²) >= 11 is 1.20. The zero-order valence-electron chi connectivity index (χ0n) is 9.86. The number of rotatable bonds is 5. The number of halogens is 3. The van der Waals surface area contributed by atoms with Crippen molar-refractivity contribution in [3.05, 3.63) is 22.4 Å². The number of carbonyl (C=O) groups is 2. The molecule has 0 aromatic carbocycles. The summed E-state index contributed by atoms with van der Waals surface area (Å²) < 4.78 is 35.2. The van der Waals surface area contributed by atoms with E-state index in [9.17, 15) is 22.8 Å². The number of hydroxylamine groups is 1. The molecule has 0 bridgehead atoms. The third kappa shape index (κ3) is 5.71. The molecule has 1 rings (SSSR count). The molecule has 0 fully saturated rings. The minimum Gasteiger partial charge on any atom is -0.332 e. The summed E-state index contributed by atoms with van der Waals surface area (Å²) in [5.41, 5.74) is 1.62. The van der Waals surface area contributed by atoms with E-state index in [2.05, 4.69) is 4.84 Å². The normalized spacial score (nSPS) is 11.2. The smallest absolute Gasteiger partial charge is 0.332 e. The monoisotopic (exact) mass is 296 g/mol. The Morgan fingerprint density at radius 2 is 2.16 bits per heavy atom. The van der Waals surface area contributed by atoms with E-state index in [1.54, 1.807) is 23.0 Å². The lowest BCUT2D eigenvalue weighted by Crippen LogP contribution is -2.39. The fourth-order valence-corrected chi connectivity index (χ4v) is 1.82. The molecule has 1 aromatic heterocycles. The third-order valence-corrected chi connectivity index (χ3v) is 2.74. The molecule has 0 aliphatic heterocycles. The number of likely N-dealkylation sites (N-methyl/N-ethyl adjacent to an activating group) is 1. The van der Waals surface area contributed by atoms with E-state index in [-0.39, 0.29) is 5.91 Å². The van der Waals surface area contributed by atoms with Crippen LogP contribution in [0.15, 0.2) is 17.5 Å². The summed E-state index contributed by atoms with van der Waals surface area (Å²) in [5.74, 6) is -1.22. The largest absolute Gasteiger partial charge is 0.414 e. The maximum Gasteiger partial charge on any atom is 0.414 e. The lowest BCUT2D eigenvalue weighted by atomic mass is 10.4. The highest BCUT2D eigenvalue weighted by Crippen LogP contribution is 2.13. The standard InChI is InChI=1S/C10H11F3N2O3S/c1-15(9(17)7-3-2-4-19-7)5-8(16)14-18-6-10(11,12)13/h2-4H,5-6H2,1H3,(H,14,16). The van der Waals surface area contributed by atoms with Crippen molar-refractivity contribution in [2.75, 3.05) is 20.2 Å². The molecular formula is C10H11F3N2O3S. The Kier molecular flexibility index (Phi) is 5.31. The molecule has 9 heteroatoms. The molecule has 0 aliphatic rings. The second-order valence-corrected chi connectivity index (χ2v) is 4.52.